The van der Waals surface area contributed by atoms with Gasteiger partial charge in [0.05, 0.1) is 6.04 Å². The van der Waals surface area contributed by atoms with E-state index in [9.17, 15) is 0 Å². The van der Waals surface area contributed by atoms with Gasteiger partial charge < -0.3 is 4.98 Å². The molecule has 1 unspecified atom stereocenters. The number of imidazole rings is 1. The Morgan fingerprint density at radius 3 is 2.75 bits per heavy atom. The molecule has 16 heavy (non-hydrogen) atoms. The van der Waals surface area contributed by atoms with Gasteiger partial charge in [-0.3, -0.25) is 5.84 Å². The van der Waals surface area contributed by atoms with E-state index in [-0.39, 0.29) is 6.04 Å². The number of nitrogens with one attached hydrogen (secondary N) is 2. The predicted octanol–water partition coefficient (Wildman–Crippen LogP) is 1.55. The van der Waals surface area contributed by atoms with E-state index in [0.717, 1.165) is 18.7 Å². The van der Waals surface area contributed by atoms with Crippen molar-refractivity contribution in [1.82, 2.24) is 15.4 Å². The molecule has 0 spiro atoms. The van der Waals surface area contributed by atoms with Gasteiger partial charge >= 0.3 is 0 Å². The minimum Gasteiger partial charge on any atom is -0.347 e. The highest BCUT2D eigenvalue weighted by Crippen LogP contribution is 2.14. The van der Waals surface area contributed by atoms with Crippen molar-refractivity contribution in [3.05, 3.63) is 54.1 Å². The molecule has 0 radical (unpaired) electrons. The van der Waals surface area contributed by atoms with Crippen LogP contribution in [0.2, 0.25) is 0 Å². The molecule has 0 fully saturated rings. The van der Waals surface area contributed by atoms with E-state index in [4.69, 9.17) is 5.84 Å². The molecule has 4 nitrogen and oxygen atoms in total. The Hall–Kier alpha value is -1.65. The topological polar surface area (TPSA) is 66.7 Å². The summed E-state index contributed by atoms with van der Waals surface area (Å²) in [6.45, 7) is 0. The minimum absolute atomic E-state index is 0.0789. The molecule has 4 N–H and O–H groups in total. The molecule has 1 aromatic carbocycles. The molecule has 1 aromatic heterocycles. The van der Waals surface area contributed by atoms with E-state index in [1.165, 1.54) is 5.56 Å². The van der Waals surface area contributed by atoms with Crippen LogP contribution in [-0.2, 0) is 6.42 Å². The van der Waals surface area contributed by atoms with Crippen LogP contribution in [0.4, 0.5) is 0 Å². The molecule has 0 saturated carbocycles. The first-order valence-corrected chi connectivity index (χ1v) is 5.39. The van der Waals surface area contributed by atoms with Crippen LogP contribution < -0.4 is 11.3 Å². The summed E-state index contributed by atoms with van der Waals surface area (Å²) in [7, 11) is 0. The molecule has 2 aromatic rings. The summed E-state index contributed by atoms with van der Waals surface area (Å²) >= 11 is 0. The Balaban J connectivity index is 1.94. The molecular weight excluding hydrogens is 200 g/mol. The minimum atomic E-state index is 0.0789. The largest absolute Gasteiger partial charge is 0.347 e. The number of H-pyrrole nitrogens is 1. The third kappa shape index (κ3) is 2.68. The Bertz CT molecular complexity index is 396. The van der Waals surface area contributed by atoms with E-state index >= 15 is 0 Å². The Labute approximate surface area is 94.9 Å². The van der Waals surface area contributed by atoms with Crippen molar-refractivity contribution in [2.24, 2.45) is 5.84 Å². The second-order valence-electron chi connectivity index (χ2n) is 3.72. The molecule has 0 aliphatic heterocycles. The molecule has 0 amide bonds. The lowest BCUT2D eigenvalue weighted by Gasteiger charge is -2.12. The third-order valence-corrected chi connectivity index (χ3v) is 2.62. The number of hydrogen-bond acceptors (Lipinski definition) is 3. The number of hydrogen-bond donors (Lipinski definition) is 3. The van der Waals surface area contributed by atoms with Crippen molar-refractivity contribution in [3.63, 3.8) is 0 Å². The molecule has 0 aliphatic rings. The van der Waals surface area contributed by atoms with Crippen molar-refractivity contribution in [2.75, 3.05) is 0 Å². The van der Waals surface area contributed by atoms with Gasteiger partial charge in [0.25, 0.3) is 0 Å². The van der Waals surface area contributed by atoms with Crippen LogP contribution in [0.15, 0.2) is 42.7 Å². The number of aryl methyl sites for hydroxylation is 1. The number of hydrazine groups is 1. The molecule has 0 aliphatic carbocycles. The van der Waals surface area contributed by atoms with Crippen molar-refractivity contribution in [3.8, 4) is 0 Å². The van der Waals surface area contributed by atoms with Gasteiger partial charge in [0.2, 0.25) is 0 Å². The standard InChI is InChI=1S/C12H16N4/c13-16-11(12-14-8-9-15-12)7-6-10-4-2-1-3-5-10/h1-5,8-9,11,16H,6-7,13H2,(H,14,15). The van der Waals surface area contributed by atoms with E-state index in [1.54, 1.807) is 6.20 Å². The highest BCUT2D eigenvalue weighted by molar-refractivity contribution is 5.15. The Morgan fingerprint density at radius 1 is 1.31 bits per heavy atom. The van der Waals surface area contributed by atoms with Gasteiger partial charge in [-0.15, -0.1) is 0 Å². The number of aromatic nitrogens is 2. The first-order valence-electron chi connectivity index (χ1n) is 5.39. The average Bonchev–Trinajstić information content (AvgIpc) is 2.85. The maximum atomic E-state index is 5.52. The summed E-state index contributed by atoms with van der Waals surface area (Å²) in [5, 5.41) is 0. The quantitative estimate of drug-likeness (QED) is 0.524. The predicted molar refractivity (Wildman–Crippen MR) is 63.4 cm³/mol. The normalized spacial score (nSPS) is 12.6. The lowest BCUT2D eigenvalue weighted by molar-refractivity contribution is 0.495. The van der Waals surface area contributed by atoms with E-state index in [0.29, 0.717) is 0 Å². The van der Waals surface area contributed by atoms with E-state index in [2.05, 4.69) is 27.5 Å². The van der Waals surface area contributed by atoms with Crippen molar-refractivity contribution < 1.29 is 0 Å². The Kier molecular flexibility index (Phi) is 3.69. The highest BCUT2D eigenvalue weighted by atomic mass is 15.2. The fraction of sp³-hybridized carbons (Fsp3) is 0.250. The fourth-order valence-electron chi connectivity index (χ4n) is 1.72. The number of nitrogens with two attached hydrogens (primary N) is 1. The summed E-state index contributed by atoms with van der Waals surface area (Å²) < 4.78 is 0. The summed E-state index contributed by atoms with van der Waals surface area (Å²) in [6, 6.07) is 10.4. The third-order valence-electron chi connectivity index (χ3n) is 2.62. The van der Waals surface area contributed by atoms with Crippen LogP contribution in [-0.4, -0.2) is 9.97 Å². The molecule has 4 heteroatoms. The van der Waals surface area contributed by atoms with Gasteiger partial charge in [0.15, 0.2) is 0 Å². The second kappa shape index (κ2) is 5.44. The molecule has 1 heterocycles. The summed E-state index contributed by atoms with van der Waals surface area (Å²) in [5.41, 5.74) is 4.10. The SMILES string of the molecule is NNC(CCc1ccccc1)c1ncc[nH]1. The molecule has 2 rings (SSSR count). The van der Waals surface area contributed by atoms with Crippen LogP contribution in [0.5, 0.6) is 0 Å². The smallest absolute Gasteiger partial charge is 0.124 e. The van der Waals surface area contributed by atoms with Gasteiger partial charge in [-0.1, -0.05) is 30.3 Å². The maximum absolute atomic E-state index is 5.52. The number of rotatable bonds is 5. The van der Waals surface area contributed by atoms with Crippen LogP contribution in [0.1, 0.15) is 23.9 Å². The number of nitrogens with zero attached hydrogens (tertiary/aromatic N) is 1. The van der Waals surface area contributed by atoms with Crippen LogP contribution >= 0.6 is 0 Å². The molecule has 0 saturated heterocycles. The van der Waals surface area contributed by atoms with Crippen molar-refractivity contribution >= 4 is 0 Å². The monoisotopic (exact) mass is 216 g/mol. The number of aromatic amines is 1. The lowest BCUT2D eigenvalue weighted by atomic mass is 10.1. The summed E-state index contributed by atoms with van der Waals surface area (Å²) in [4.78, 5) is 7.27. The fourth-order valence-corrected chi connectivity index (χ4v) is 1.72. The van der Waals surface area contributed by atoms with Crippen LogP contribution in [0.3, 0.4) is 0 Å². The van der Waals surface area contributed by atoms with Gasteiger partial charge in [0, 0.05) is 12.4 Å². The first kappa shape index (κ1) is 10.9. The number of benzene rings is 1. The maximum Gasteiger partial charge on any atom is 0.124 e. The van der Waals surface area contributed by atoms with Gasteiger partial charge in [-0.25, -0.2) is 10.4 Å². The molecular formula is C12H16N4. The Morgan fingerprint density at radius 2 is 2.12 bits per heavy atom. The van der Waals surface area contributed by atoms with Crippen molar-refractivity contribution in [1.29, 1.82) is 0 Å². The average molecular weight is 216 g/mol. The molecule has 84 valence electrons. The van der Waals surface area contributed by atoms with E-state index in [1.807, 2.05) is 24.4 Å². The van der Waals surface area contributed by atoms with Crippen LogP contribution in [0.25, 0.3) is 0 Å². The summed E-state index contributed by atoms with van der Waals surface area (Å²) in [6.07, 6.45) is 5.45. The lowest BCUT2D eigenvalue weighted by Crippen LogP contribution is -2.29. The van der Waals surface area contributed by atoms with Crippen LogP contribution in [0, 0.1) is 0 Å². The second-order valence-corrected chi connectivity index (χ2v) is 3.72. The van der Waals surface area contributed by atoms with Gasteiger partial charge in [0.1, 0.15) is 5.82 Å². The van der Waals surface area contributed by atoms with Gasteiger partial charge in [-0.2, -0.15) is 0 Å². The van der Waals surface area contributed by atoms with Gasteiger partial charge in [-0.05, 0) is 18.4 Å². The zero-order chi connectivity index (χ0) is 11.2. The molecule has 1 atom stereocenters. The molecule has 0 bridgehead atoms. The highest BCUT2D eigenvalue weighted by Gasteiger charge is 2.11. The summed E-state index contributed by atoms with van der Waals surface area (Å²) in [5.74, 6) is 6.41. The zero-order valence-corrected chi connectivity index (χ0v) is 9.06. The zero-order valence-electron chi connectivity index (χ0n) is 9.06. The first-order chi connectivity index (χ1) is 7.90. The van der Waals surface area contributed by atoms with E-state index < -0.39 is 0 Å². The van der Waals surface area contributed by atoms with Crippen molar-refractivity contribution in [2.45, 2.75) is 18.9 Å².